The van der Waals surface area contributed by atoms with Crippen molar-refractivity contribution in [2.45, 2.75) is 26.2 Å². The SMILES string of the molecule is CCCCCNC(=O)c1cc(-c2ccccc2Cl)nc2cc(-c3ccccc3)nn12. The number of carbonyl (C=O) groups excluding carboxylic acids is 1. The van der Waals surface area contributed by atoms with Crippen LogP contribution < -0.4 is 5.32 Å². The molecule has 0 saturated heterocycles. The first kappa shape index (κ1) is 20.1. The van der Waals surface area contributed by atoms with Gasteiger partial charge in [-0.2, -0.15) is 5.10 Å². The molecule has 0 bridgehead atoms. The summed E-state index contributed by atoms with van der Waals surface area (Å²) in [6.45, 7) is 2.77. The molecule has 1 amide bonds. The first-order valence-corrected chi connectivity index (χ1v) is 10.5. The van der Waals surface area contributed by atoms with Gasteiger partial charge in [0.05, 0.1) is 11.4 Å². The summed E-state index contributed by atoms with van der Waals surface area (Å²) >= 11 is 6.40. The number of unbranched alkanes of at least 4 members (excludes halogenated alkanes) is 2. The zero-order valence-electron chi connectivity index (χ0n) is 16.8. The van der Waals surface area contributed by atoms with Crippen LogP contribution in [0, 0.1) is 0 Å². The standard InChI is InChI=1S/C24H23ClN4O/c1-2-3-9-14-26-24(30)22-15-21(18-12-7-8-13-19(18)25)27-23-16-20(28-29(22)23)17-10-5-4-6-11-17/h4-8,10-13,15-16H,2-3,9,14H2,1H3,(H,26,30). The van der Waals surface area contributed by atoms with Crippen molar-refractivity contribution in [2.75, 3.05) is 6.54 Å². The lowest BCUT2D eigenvalue weighted by atomic mass is 10.1. The molecule has 0 aliphatic rings. The Bertz CT molecular complexity index is 1170. The highest BCUT2D eigenvalue weighted by atomic mass is 35.5. The van der Waals surface area contributed by atoms with Crippen molar-refractivity contribution in [1.29, 1.82) is 0 Å². The number of hydrogen-bond acceptors (Lipinski definition) is 3. The first-order valence-electron chi connectivity index (χ1n) is 10.2. The molecule has 0 saturated carbocycles. The molecule has 4 rings (SSSR count). The van der Waals surface area contributed by atoms with E-state index in [0.717, 1.165) is 36.1 Å². The van der Waals surface area contributed by atoms with Crippen LogP contribution in [0.2, 0.25) is 5.02 Å². The molecule has 2 aromatic carbocycles. The number of fused-ring (bicyclic) bond motifs is 1. The maximum absolute atomic E-state index is 13.0. The van der Waals surface area contributed by atoms with Gasteiger partial charge in [-0.25, -0.2) is 9.50 Å². The Hall–Kier alpha value is -3.18. The van der Waals surface area contributed by atoms with Crippen molar-refractivity contribution in [1.82, 2.24) is 19.9 Å². The smallest absolute Gasteiger partial charge is 0.270 e. The third kappa shape index (κ3) is 4.21. The fourth-order valence-corrected chi connectivity index (χ4v) is 3.59. The second kappa shape index (κ2) is 9.09. The van der Waals surface area contributed by atoms with Gasteiger partial charge in [0.15, 0.2) is 5.65 Å². The summed E-state index contributed by atoms with van der Waals surface area (Å²) in [6.07, 6.45) is 3.13. The van der Waals surface area contributed by atoms with E-state index in [4.69, 9.17) is 16.6 Å². The highest BCUT2D eigenvalue weighted by Crippen LogP contribution is 2.28. The molecule has 0 spiro atoms. The van der Waals surface area contributed by atoms with Crippen molar-refractivity contribution < 1.29 is 4.79 Å². The molecule has 6 heteroatoms. The molecule has 30 heavy (non-hydrogen) atoms. The van der Waals surface area contributed by atoms with Crippen molar-refractivity contribution in [3.8, 4) is 22.5 Å². The van der Waals surface area contributed by atoms with E-state index >= 15 is 0 Å². The summed E-state index contributed by atoms with van der Waals surface area (Å²) < 4.78 is 1.61. The van der Waals surface area contributed by atoms with Crippen LogP contribution in [0.15, 0.2) is 66.7 Å². The Morgan fingerprint density at radius 2 is 1.77 bits per heavy atom. The fourth-order valence-electron chi connectivity index (χ4n) is 3.36. The minimum absolute atomic E-state index is 0.172. The number of nitrogens with zero attached hydrogens (tertiary/aromatic N) is 3. The molecule has 2 aromatic heterocycles. The molecule has 152 valence electrons. The molecule has 0 aliphatic carbocycles. The molecule has 0 atom stereocenters. The Balaban J connectivity index is 1.80. The van der Waals surface area contributed by atoms with E-state index < -0.39 is 0 Å². The summed E-state index contributed by atoms with van der Waals surface area (Å²) in [5, 5.41) is 8.26. The van der Waals surface area contributed by atoms with Gasteiger partial charge in [0.1, 0.15) is 5.69 Å². The Labute approximate surface area is 180 Å². The van der Waals surface area contributed by atoms with E-state index in [0.29, 0.717) is 28.6 Å². The van der Waals surface area contributed by atoms with Gasteiger partial charge in [-0.05, 0) is 18.6 Å². The quantitative estimate of drug-likeness (QED) is 0.395. The van der Waals surface area contributed by atoms with Crippen LogP contribution in [0.3, 0.4) is 0 Å². The second-order valence-corrected chi connectivity index (χ2v) is 7.54. The maximum atomic E-state index is 13.0. The predicted octanol–water partition coefficient (Wildman–Crippen LogP) is 5.64. The number of carbonyl (C=O) groups is 1. The topological polar surface area (TPSA) is 59.3 Å². The molecule has 0 fully saturated rings. The molecule has 5 nitrogen and oxygen atoms in total. The van der Waals surface area contributed by atoms with Crippen LogP contribution in [0.1, 0.15) is 36.7 Å². The van der Waals surface area contributed by atoms with E-state index in [1.54, 1.807) is 10.6 Å². The first-order chi connectivity index (χ1) is 14.7. The van der Waals surface area contributed by atoms with Gasteiger partial charge >= 0.3 is 0 Å². The second-order valence-electron chi connectivity index (χ2n) is 7.14. The highest BCUT2D eigenvalue weighted by molar-refractivity contribution is 6.33. The minimum atomic E-state index is -0.172. The number of hydrogen-bond donors (Lipinski definition) is 1. The summed E-state index contributed by atoms with van der Waals surface area (Å²) in [6, 6.07) is 21.0. The van der Waals surface area contributed by atoms with E-state index in [1.807, 2.05) is 60.7 Å². The van der Waals surface area contributed by atoms with Crippen molar-refractivity contribution in [3.05, 3.63) is 77.4 Å². The number of nitrogens with one attached hydrogen (secondary N) is 1. The maximum Gasteiger partial charge on any atom is 0.270 e. The third-order valence-electron chi connectivity index (χ3n) is 4.95. The lowest BCUT2D eigenvalue weighted by molar-refractivity contribution is 0.0945. The lowest BCUT2D eigenvalue weighted by Crippen LogP contribution is -2.27. The third-order valence-corrected chi connectivity index (χ3v) is 5.27. The van der Waals surface area contributed by atoms with Gasteiger partial charge in [0, 0.05) is 28.8 Å². The Morgan fingerprint density at radius 3 is 2.53 bits per heavy atom. The van der Waals surface area contributed by atoms with Crippen LogP contribution in [-0.2, 0) is 0 Å². The van der Waals surface area contributed by atoms with Crippen LogP contribution in [-0.4, -0.2) is 27.0 Å². The predicted molar refractivity (Wildman–Crippen MR) is 121 cm³/mol. The van der Waals surface area contributed by atoms with E-state index in [2.05, 4.69) is 17.3 Å². The van der Waals surface area contributed by atoms with Crippen LogP contribution in [0.5, 0.6) is 0 Å². The highest BCUT2D eigenvalue weighted by Gasteiger charge is 2.17. The van der Waals surface area contributed by atoms with Crippen LogP contribution in [0.4, 0.5) is 0 Å². The molecular weight excluding hydrogens is 396 g/mol. The van der Waals surface area contributed by atoms with Crippen LogP contribution in [0.25, 0.3) is 28.2 Å². The van der Waals surface area contributed by atoms with Crippen molar-refractivity contribution >= 4 is 23.2 Å². The largest absolute Gasteiger partial charge is 0.351 e. The van der Waals surface area contributed by atoms with Gasteiger partial charge in [0.25, 0.3) is 5.91 Å². The van der Waals surface area contributed by atoms with E-state index in [9.17, 15) is 4.79 Å². The molecule has 0 aliphatic heterocycles. The average Bonchev–Trinajstić information content (AvgIpc) is 3.21. The Kier molecular flexibility index (Phi) is 6.10. The molecule has 0 unspecified atom stereocenters. The van der Waals surface area contributed by atoms with Crippen LogP contribution >= 0.6 is 11.6 Å². The average molecular weight is 419 g/mol. The fraction of sp³-hybridized carbons (Fsp3) is 0.208. The molecule has 4 aromatic rings. The van der Waals surface area contributed by atoms with Crippen molar-refractivity contribution in [2.24, 2.45) is 0 Å². The Morgan fingerprint density at radius 1 is 1.00 bits per heavy atom. The summed E-state index contributed by atoms with van der Waals surface area (Å²) in [5.41, 5.74) is 4.20. The zero-order valence-corrected chi connectivity index (χ0v) is 17.6. The molecule has 1 N–H and O–H groups in total. The zero-order chi connectivity index (χ0) is 20.9. The van der Waals surface area contributed by atoms with Gasteiger partial charge in [-0.1, -0.05) is 79.9 Å². The minimum Gasteiger partial charge on any atom is -0.351 e. The molecule has 0 radical (unpaired) electrons. The number of aromatic nitrogens is 3. The van der Waals surface area contributed by atoms with Gasteiger partial charge in [0.2, 0.25) is 0 Å². The van der Waals surface area contributed by atoms with E-state index in [-0.39, 0.29) is 5.91 Å². The summed E-state index contributed by atoms with van der Waals surface area (Å²) in [7, 11) is 0. The summed E-state index contributed by atoms with van der Waals surface area (Å²) in [4.78, 5) is 17.7. The number of benzene rings is 2. The number of halogens is 1. The van der Waals surface area contributed by atoms with Gasteiger partial charge in [-0.3, -0.25) is 4.79 Å². The molecular formula is C24H23ClN4O. The number of amides is 1. The van der Waals surface area contributed by atoms with E-state index in [1.165, 1.54) is 0 Å². The van der Waals surface area contributed by atoms with Gasteiger partial charge in [-0.15, -0.1) is 0 Å². The van der Waals surface area contributed by atoms with Gasteiger partial charge < -0.3 is 5.32 Å². The van der Waals surface area contributed by atoms with Crippen molar-refractivity contribution in [3.63, 3.8) is 0 Å². The monoisotopic (exact) mass is 418 g/mol. The molecule has 2 heterocycles. The summed E-state index contributed by atoms with van der Waals surface area (Å²) in [5.74, 6) is -0.172. The lowest BCUT2D eigenvalue weighted by Gasteiger charge is -2.10. The number of rotatable bonds is 7. The normalized spacial score (nSPS) is 11.0.